The van der Waals surface area contributed by atoms with Crippen molar-refractivity contribution in [3.8, 4) is 23.0 Å². The van der Waals surface area contributed by atoms with Gasteiger partial charge < -0.3 is 28.7 Å². The van der Waals surface area contributed by atoms with Crippen LogP contribution in [-0.4, -0.2) is 33.8 Å². The van der Waals surface area contributed by atoms with Gasteiger partial charge in [0, 0.05) is 10.9 Å². The second-order valence-electron chi connectivity index (χ2n) is 6.72. The van der Waals surface area contributed by atoms with Crippen molar-refractivity contribution in [1.29, 1.82) is 0 Å². The van der Waals surface area contributed by atoms with E-state index in [4.69, 9.17) is 23.4 Å². The molecule has 0 aliphatic carbocycles. The number of furan rings is 1. The molecule has 7 nitrogen and oxygen atoms in total. The van der Waals surface area contributed by atoms with E-state index in [9.17, 15) is 4.79 Å². The van der Waals surface area contributed by atoms with Gasteiger partial charge in [-0.05, 0) is 32.0 Å². The summed E-state index contributed by atoms with van der Waals surface area (Å²) in [6.07, 6.45) is 0.123. The molecule has 2 aromatic carbocycles. The molecule has 1 unspecified atom stereocenters. The molecule has 0 aliphatic heterocycles. The topological polar surface area (TPSA) is 79.2 Å². The maximum absolute atomic E-state index is 12.7. The lowest BCUT2D eigenvalue weighted by Crippen LogP contribution is -2.28. The molecule has 1 amide bonds. The SMILES string of the molecule is CCOc1cccc2cc(C(C)NC(=O)Cc3ccc(OC)c(OC)c3OC)oc12. The minimum Gasteiger partial charge on any atom is -0.493 e. The van der Waals surface area contributed by atoms with Gasteiger partial charge in [-0.2, -0.15) is 0 Å². The molecule has 1 heterocycles. The van der Waals surface area contributed by atoms with Gasteiger partial charge in [-0.3, -0.25) is 4.79 Å². The molecule has 160 valence electrons. The van der Waals surface area contributed by atoms with Crippen molar-refractivity contribution in [3.05, 3.63) is 47.7 Å². The Kier molecular flexibility index (Phi) is 6.72. The minimum atomic E-state index is -0.314. The summed E-state index contributed by atoms with van der Waals surface area (Å²) >= 11 is 0. The molecule has 3 aromatic rings. The van der Waals surface area contributed by atoms with Crippen molar-refractivity contribution >= 4 is 16.9 Å². The second kappa shape index (κ2) is 9.43. The number of ether oxygens (including phenoxy) is 4. The number of benzene rings is 2. The van der Waals surface area contributed by atoms with Crippen molar-refractivity contribution in [1.82, 2.24) is 5.32 Å². The van der Waals surface area contributed by atoms with Crippen LogP contribution in [0.3, 0.4) is 0 Å². The number of hydrogen-bond donors (Lipinski definition) is 1. The molecule has 3 rings (SSSR count). The number of amides is 1. The number of rotatable bonds is 9. The summed E-state index contributed by atoms with van der Waals surface area (Å²) in [5.41, 5.74) is 1.38. The monoisotopic (exact) mass is 413 g/mol. The predicted molar refractivity (Wildman–Crippen MR) is 114 cm³/mol. The van der Waals surface area contributed by atoms with Crippen LogP contribution in [0.2, 0.25) is 0 Å². The fraction of sp³-hybridized carbons (Fsp3) is 0.348. The normalized spacial score (nSPS) is 11.8. The van der Waals surface area contributed by atoms with Crippen molar-refractivity contribution in [2.45, 2.75) is 26.3 Å². The van der Waals surface area contributed by atoms with Crippen LogP contribution in [0.25, 0.3) is 11.0 Å². The highest BCUT2D eigenvalue weighted by Gasteiger charge is 2.20. The Morgan fingerprint density at radius 3 is 2.47 bits per heavy atom. The Morgan fingerprint density at radius 1 is 1.03 bits per heavy atom. The largest absolute Gasteiger partial charge is 0.493 e. The van der Waals surface area contributed by atoms with Crippen LogP contribution in [0.1, 0.15) is 31.2 Å². The first-order valence-corrected chi connectivity index (χ1v) is 9.74. The van der Waals surface area contributed by atoms with Crippen LogP contribution in [-0.2, 0) is 11.2 Å². The Morgan fingerprint density at radius 2 is 1.80 bits per heavy atom. The van der Waals surface area contributed by atoms with E-state index < -0.39 is 0 Å². The average molecular weight is 413 g/mol. The van der Waals surface area contributed by atoms with Crippen molar-refractivity contribution < 1.29 is 28.2 Å². The highest BCUT2D eigenvalue weighted by molar-refractivity contribution is 5.84. The molecule has 0 radical (unpaired) electrons. The number of methoxy groups -OCH3 is 3. The molecule has 0 saturated heterocycles. The van der Waals surface area contributed by atoms with Gasteiger partial charge in [0.1, 0.15) is 5.76 Å². The zero-order valence-electron chi connectivity index (χ0n) is 17.9. The van der Waals surface area contributed by atoms with E-state index in [1.165, 1.54) is 14.2 Å². The number of carbonyl (C=O) groups is 1. The van der Waals surface area contributed by atoms with Crippen molar-refractivity contribution in [2.75, 3.05) is 27.9 Å². The second-order valence-corrected chi connectivity index (χ2v) is 6.72. The average Bonchev–Trinajstić information content (AvgIpc) is 3.19. The first kappa shape index (κ1) is 21.4. The molecule has 0 spiro atoms. The van der Waals surface area contributed by atoms with Gasteiger partial charge >= 0.3 is 0 Å². The van der Waals surface area contributed by atoms with Gasteiger partial charge in [-0.25, -0.2) is 0 Å². The third kappa shape index (κ3) is 4.30. The van der Waals surface area contributed by atoms with Gasteiger partial charge in [0.25, 0.3) is 0 Å². The Bertz CT molecular complexity index is 1030. The first-order chi connectivity index (χ1) is 14.5. The van der Waals surface area contributed by atoms with E-state index in [1.54, 1.807) is 19.2 Å². The van der Waals surface area contributed by atoms with Crippen molar-refractivity contribution in [3.63, 3.8) is 0 Å². The Balaban J connectivity index is 1.77. The van der Waals surface area contributed by atoms with E-state index in [2.05, 4.69) is 5.32 Å². The molecule has 30 heavy (non-hydrogen) atoms. The summed E-state index contributed by atoms with van der Waals surface area (Å²) in [5.74, 6) is 2.65. The molecular weight excluding hydrogens is 386 g/mol. The van der Waals surface area contributed by atoms with E-state index >= 15 is 0 Å². The van der Waals surface area contributed by atoms with Crippen LogP contribution in [0.4, 0.5) is 0 Å². The highest BCUT2D eigenvalue weighted by Crippen LogP contribution is 2.40. The van der Waals surface area contributed by atoms with Gasteiger partial charge in [0.2, 0.25) is 11.7 Å². The minimum absolute atomic E-state index is 0.123. The predicted octanol–water partition coefficient (Wildman–Crippen LogP) is 4.28. The van der Waals surface area contributed by atoms with Crippen LogP contribution in [0.15, 0.2) is 40.8 Å². The van der Waals surface area contributed by atoms with Crippen LogP contribution in [0, 0.1) is 0 Å². The number of nitrogens with one attached hydrogen (secondary N) is 1. The van der Waals surface area contributed by atoms with Gasteiger partial charge in [-0.1, -0.05) is 18.2 Å². The lowest BCUT2D eigenvalue weighted by atomic mass is 10.1. The molecule has 1 atom stereocenters. The molecule has 0 saturated carbocycles. The fourth-order valence-electron chi connectivity index (χ4n) is 3.38. The number of carbonyl (C=O) groups excluding carboxylic acids is 1. The van der Waals surface area contributed by atoms with Crippen molar-refractivity contribution in [2.24, 2.45) is 0 Å². The summed E-state index contributed by atoms with van der Waals surface area (Å²) in [5, 5.41) is 3.90. The smallest absolute Gasteiger partial charge is 0.225 e. The summed E-state index contributed by atoms with van der Waals surface area (Å²) in [4.78, 5) is 12.7. The van der Waals surface area contributed by atoms with Gasteiger partial charge in [-0.15, -0.1) is 0 Å². The maximum Gasteiger partial charge on any atom is 0.225 e. The fourth-order valence-corrected chi connectivity index (χ4v) is 3.38. The molecule has 0 aliphatic rings. The molecule has 0 fully saturated rings. The zero-order chi connectivity index (χ0) is 21.7. The summed E-state index contributed by atoms with van der Waals surface area (Å²) < 4.78 is 27.7. The lowest BCUT2D eigenvalue weighted by molar-refractivity contribution is -0.121. The molecule has 1 N–H and O–H groups in total. The van der Waals surface area contributed by atoms with Crippen LogP contribution < -0.4 is 24.3 Å². The Hall–Kier alpha value is -3.35. The Labute approximate surface area is 175 Å². The zero-order valence-corrected chi connectivity index (χ0v) is 17.9. The van der Waals surface area contributed by atoms with E-state index in [0.717, 1.165) is 5.39 Å². The first-order valence-electron chi connectivity index (χ1n) is 9.74. The van der Waals surface area contributed by atoms with E-state index in [-0.39, 0.29) is 18.4 Å². The summed E-state index contributed by atoms with van der Waals surface area (Å²) in [6, 6.07) is 10.9. The van der Waals surface area contributed by atoms with Crippen LogP contribution in [0.5, 0.6) is 23.0 Å². The molecule has 7 heteroatoms. The lowest BCUT2D eigenvalue weighted by Gasteiger charge is -2.16. The number of para-hydroxylation sites is 1. The highest BCUT2D eigenvalue weighted by atomic mass is 16.5. The van der Waals surface area contributed by atoms with Gasteiger partial charge in [0.05, 0.1) is 40.4 Å². The molecular formula is C23H27NO6. The third-order valence-electron chi connectivity index (χ3n) is 4.77. The number of fused-ring (bicyclic) bond motifs is 1. The van der Waals surface area contributed by atoms with E-state index in [1.807, 2.05) is 38.1 Å². The summed E-state index contributed by atoms with van der Waals surface area (Å²) in [7, 11) is 4.62. The molecule has 0 bridgehead atoms. The molecule has 1 aromatic heterocycles. The summed E-state index contributed by atoms with van der Waals surface area (Å²) in [6.45, 7) is 4.35. The van der Waals surface area contributed by atoms with E-state index in [0.29, 0.717) is 46.5 Å². The van der Waals surface area contributed by atoms with Gasteiger partial charge in [0.15, 0.2) is 22.8 Å². The maximum atomic E-state index is 12.7. The quantitative estimate of drug-likeness (QED) is 0.564. The van der Waals surface area contributed by atoms with Crippen LogP contribution >= 0.6 is 0 Å². The number of hydrogen-bond acceptors (Lipinski definition) is 6. The third-order valence-corrected chi connectivity index (χ3v) is 4.77. The standard InChI is InChI=1S/C23H27NO6/c1-6-29-18-9-7-8-15-12-19(30-21(15)18)14(2)24-20(25)13-16-10-11-17(26-3)23(28-5)22(16)27-4/h7-12,14H,6,13H2,1-5H3,(H,24,25).